The summed E-state index contributed by atoms with van der Waals surface area (Å²) in [6.45, 7) is 2.08. The number of nitrogens with zero attached hydrogens (tertiary/aromatic N) is 2. The van der Waals surface area contributed by atoms with Gasteiger partial charge in [0.05, 0.1) is 11.4 Å². The van der Waals surface area contributed by atoms with Gasteiger partial charge in [-0.3, -0.25) is 0 Å². The predicted octanol–water partition coefficient (Wildman–Crippen LogP) is 2.64. The average molecular weight is 227 g/mol. The molecule has 0 bridgehead atoms. The van der Waals surface area contributed by atoms with Gasteiger partial charge in [0.25, 0.3) is 0 Å². The molecule has 1 aromatic heterocycles. The number of hydrogen-bond acceptors (Lipinski definition) is 2. The van der Waals surface area contributed by atoms with Crippen molar-refractivity contribution in [3.63, 3.8) is 0 Å². The lowest BCUT2D eigenvalue weighted by Crippen LogP contribution is -2.03. The van der Waals surface area contributed by atoms with Crippen molar-refractivity contribution in [2.45, 2.75) is 32.6 Å². The summed E-state index contributed by atoms with van der Waals surface area (Å²) in [5, 5.41) is 4.64. The first-order valence-electron chi connectivity index (χ1n) is 6.19. The number of benzene rings is 1. The number of nitrogen functional groups attached to an aromatic ring is 1. The highest BCUT2D eigenvalue weighted by Crippen LogP contribution is 2.27. The Bertz CT molecular complexity index is 537. The van der Waals surface area contributed by atoms with Crippen LogP contribution in [0.15, 0.2) is 24.3 Å². The van der Waals surface area contributed by atoms with Crippen molar-refractivity contribution in [1.29, 1.82) is 0 Å². The number of nitrogens with two attached hydrogens (primary N) is 1. The van der Waals surface area contributed by atoms with Gasteiger partial charge in [0.15, 0.2) is 0 Å². The number of fused-ring (bicyclic) bond motifs is 1. The highest BCUT2D eigenvalue weighted by Gasteiger charge is 2.19. The van der Waals surface area contributed by atoms with Gasteiger partial charge in [0, 0.05) is 5.56 Å². The van der Waals surface area contributed by atoms with Gasteiger partial charge >= 0.3 is 0 Å². The van der Waals surface area contributed by atoms with Gasteiger partial charge in [0.1, 0.15) is 5.82 Å². The molecule has 2 aromatic rings. The quantitative estimate of drug-likeness (QED) is 0.814. The van der Waals surface area contributed by atoms with E-state index in [0.717, 1.165) is 24.3 Å². The van der Waals surface area contributed by atoms with Crippen LogP contribution in [-0.4, -0.2) is 9.78 Å². The molecule has 0 unspecified atom stereocenters. The molecule has 1 heterocycles. The largest absolute Gasteiger partial charge is 0.383 e. The minimum absolute atomic E-state index is 0.823. The summed E-state index contributed by atoms with van der Waals surface area (Å²) < 4.78 is 1.88. The molecule has 0 atom stereocenters. The fourth-order valence-electron chi connectivity index (χ4n) is 2.46. The van der Waals surface area contributed by atoms with Gasteiger partial charge in [-0.2, -0.15) is 5.10 Å². The van der Waals surface area contributed by atoms with Crippen molar-refractivity contribution in [2.75, 3.05) is 5.73 Å². The minimum Gasteiger partial charge on any atom is -0.383 e. The van der Waals surface area contributed by atoms with E-state index in [1.54, 1.807) is 0 Å². The Labute approximate surface area is 101 Å². The van der Waals surface area contributed by atoms with Gasteiger partial charge in [-0.25, -0.2) is 4.68 Å². The van der Waals surface area contributed by atoms with E-state index < -0.39 is 0 Å². The van der Waals surface area contributed by atoms with Crippen LogP contribution >= 0.6 is 0 Å². The van der Waals surface area contributed by atoms with Crippen LogP contribution in [0.4, 0.5) is 5.82 Å². The zero-order chi connectivity index (χ0) is 11.8. The molecule has 1 aliphatic carbocycles. The van der Waals surface area contributed by atoms with Crippen LogP contribution in [0.5, 0.6) is 0 Å². The third-order valence-electron chi connectivity index (χ3n) is 3.48. The third kappa shape index (κ3) is 1.71. The van der Waals surface area contributed by atoms with E-state index >= 15 is 0 Å². The lowest BCUT2D eigenvalue weighted by Gasteiger charge is -2.08. The second-order valence-corrected chi connectivity index (χ2v) is 4.76. The van der Waals surface area contributed by atoms with E-state index in [-0.39, 0.29) is 0 Å². The number of rotatable bonds is 1. The average Bonchev–Trinajstić information content (AvgIpc) is 2.69. The molecule has 1 aliphatic rings. The maximum Gasteiger partial charge on any atom is 0.130 e. The van der Waals surface area contributed by atoms with Crippen LogP contribution in [0, 0.1) is 6.92 Å². The van der Waals surface area contributed by atoms with E-state index in [1.165, 1.54) is 29.7 Å². The first-order valence-corrected chi connectivity index (χ1v) is 6.19. The van der Waals surface area contributed by atoms with Gasteiger partial charge in [0.2, 0.25) is 0 Å². The molecule has 1 aromatic carbocycles. The van der Waals surface area contributed by atoms with Crippen LogP contribution in [0.1, 0.15) is 29.7 Å². The molecule has 0 radical (unpaired) electrons. The summed E-state index contributed by atoms with van der Waals surface area (Å²) in [5.74, 6) is 0.823. The molecule has 0 fully saturated rings. The maximum absolute atomic E-state index is 6.19. The Hall–Kier alpha value is -1.77. The Balaban J connectivity index is 2.09. The van der Waals surface area contributed by atoms with E-state index in [2.05, 4.69) is 36.3 Å². The van der Waals surface area contributed by atoms with Crippen molar-refractivity contribution in [1.82, 2.24) is 9.78 Å². The first kappa shape index (κ1) is 10.4. The fourth-order valence-corrected chi connectivity index (χ4v) is 2.46. The number of anilines is 1. The smallest absolute Gasteiger partial charge is 0.130 e. The van der Waals surface area contributed by atoms with Crippen LogP contribution in [0.25, 0.3) is 5.69 Å². The van der Waals surface area contributed by atoms with Crippen LogP contribution in [-0.2, 0) is 12.8 Å². The summed E-state index contributed by atoms with van der Waals surface area (Å²) in [6, 6.07) is 8.33. The highest BCUT2D eigenvalue weighted by molar-refractivity contribution is 5.51. The van der Waals surface area contributed by atoms with Gasteiger partial charge in [-0.15, -0.1) is 0 Å². The third-order valence-corrected chi connectivity index (χ3v) is 3.48. The molecular formula is C14H17N3. The summed E-state index contributed by atoms with van der Waals surface area (Å²) in [6.07, 6.45) is 4.61. The Morgan fingerprint density at radius 2 is 1.82 bits per heavy atom. The monoisotopic (exact) mass is 227 g/mol. The Morgan fingerprint density at radius 3 is 2.53 bits per heavy atom. The highest BCUT2D eigenvalue weighted by atomic mass is 15.3. The van der Waals surface area contributed by atoms with E-state index in [9.17, 15) is 0 Å². The molecular weight excluding hydrogens is 210 g/mol. The molecule has 3 nitrogen and oxygen atoms in total. The van der Waals surface area contributed by atoms with Crippen molar-refractivity contribution in [3.05, 3.63) is 41.1 Å². The second-order valence-electron chi connectivity index (χ2n) is 4.76. The van der Waals surface area contributed by atoms with Crippen molar-refractivity contribution >= 4 is 5.82 Å². The molecule has 3 heteroatoms. The zero-order valence-corrected chi connectivity index (χ0v) is 10.1. The van der Waals surface area contributed by atoms with Crippen LogP contribution < -0.4 is 5.73 Å². The molecule has 0 amide bonds. The van der Waals surface area contributed by atoms with Gasteiger partial charge in [-0.05, 0) is 44.7 Å². The predicted molar refractivity (Wildman–Crippen MR) is 69.4 cm³/mol. The fraction of sp³-hybridized carbons (Fsp3) is 0.357. The van der Waals surface area contributed by atoms with Crippen LogP contribution in [0.2, 0.25) is 0 Å². The molecule has 2 N–H and O–H groups in total. The first-order chi connectivity index (χ1) is 8.25. The normalized spacial score (nSPS) is 14.6. The number of aryl methyl sites for hydroxylation is 2. The van der Waals surface area contributed by atoms with E-state index in [4.69, 9.17) is 5.73 Å². The van der Waals surface area contributed by atoms with Crippen LogP contribution in [0.3, 0.4) is 0 Å². The number of aromatic nitrogens is 2. The molecule has 17 heavy (non-hydrogen) atoms. The Morgan fingerprint density at radius 1 is 1.12 bits per heavy atom. The maximum atomic E-state index is 6.19. The van der Waals surface area contributed by atoms with Gasteiger partial charge in [-0.1, -0.05) is 17.7 Å². The number of hydrogen-bond donors (Lipinski definition) is 1. The van der Waals surface area contributed by atoms with E-state index in [0.29, 0.717) is 0 Å². The molecule has 0 saturated carbocycles. The second kappa shape index (κ2) is 3.91. The molecule has 0 spiro atoms. The van der Waals surface area contributed by atoms with Crippen molar-refractivity contribution in [3.8, 4) is 5.69 Å². The zero-order valence-electron chi connectivity index (χ0n) is 10.1. The SMILES string of the molecule is Cc1ccc(-n2nc3c(c2N)CCCC3)cc1. The summed E-state index contributed by atoms with van der Waals surface area (Å²) >= 11 is 0. The summed E-state index contributed by atoms with van der Waals surface area (Å²) in [4.78, 5) is 0. The summed E-state index contributed by atoms with van der Waals surface area (Å²) in [7, 11) is 0. The van der Waals surface area contributed by atoms with E-state index in [1.807, 2.05) is 4.68 Å². The van der Waals surface area contributed by atoms with Gasteiger partial charge < -0.3 is 5.73 Å². The molecule has 3 rings (SSSR count). The molecule has 0 aliphatic heterocycles. The lowest BCUT2D eigenvalue weighted by molar-refractivity contribution is 0.671. The summed E-state index contributed by atoms with van der Waals surface area (Å²) in [5.41, 5.74) is 11.0. The lowest BCUT2D eigenvalue weighted by atomic mass is 9.98. The van der Waals surface area contributed by atoms with Crippen molar-refractivity contribution < 1.29 is 0 Å². The minimum atomic E-state index is 0.823. The molecule has 0 saturated heterocycles. The molecule has 88 valence electrons. The Kier molecular flexibility index (Phi) is 2.39. The topological polar surface area (TPSA) is 43.8 Å². The van der Waals surface area contributed by atoms with Crippen molar-refractivity contribution in [2.24, 2.45) is 0 Å². The standard InChI is InChI=1S/C14H17N3/c1-10-6-8-11(9-7-10)17-14(15)12-4-2-3-5-13(12)16-17/h6-9H,2-5,15H2,1H3.